The molecule has 2 saturated carbocycles. The van der Waals surface area contributed by atoms with Gasteiger partial charge in [-0.1, -0.05) is 13.8 Å². The molecule has 0 aromatic heterocycles. The minimum Gasteiger partial charge on any atom is -0.459 e. The van der Waals surface area contributed by atoms with Gasteiger partial charge in [0.25, 0.3) is 0 Å². The molecule has 1 aliphatic heterocycles. The number of aliphatic hydroxyl groups excluding tert-OH is 2. The lowest BCUT2D eigenvalue weighted by atomic mass is 9.44. The summed E-state index contributed by atoms with van der Waals surface area (Å²) in [7, 11) is 0. The Morgan fingerprint density at radius 1 is 1.33 bits per heavy atom. The third kappa shape index (κ3) is 1.36. The van der Waals surface area contributed by atoms with Crippen LogP contribution in [0, 0.1) is 16.7 Å². The van der Waals surface area contributed by atoms with Crippen LogP contribution in [0.3, 0.4) is 0 Å². The lowest BCUT2D eigenvalue weighted by Crippen LogP contribution is -2.79. The lowest BCUT2D eigenvalue weighted by molar-refractivity contribution is -0.337. The number of rotatable bonds is 1. The average molecular weight is 300 g/mol. The number of hydrogen-bond acceptors (Lipinski definition) is 6. The smallest absolute Gasteiger partial charge is 0.306 e. The second kappa shape index (κ2) is 3.98. The van der Waals surface area contributed by atoms with E-state index in [1.807, 2.05) is 6.92 Å². The van der Waals surface area contributed by atoms with Gasteiger partial charge < -0.3 is 25.2 Å². The van der Waals surface area contributed by atoms with E-state index in [-0.39, 0.29) is 12.3 Å². The summed E-state index contributed by atoms with van der Waals surface area (Å²) in [5.41, 5.74) is -5.60. The van der Waals surface area contributed by atoms with E-state index in [4.69, 9.17) is 4.74 Å². The first-order valence-corrected chi connectivity index (χ1v) is 7.50. The van der Waals surface area contributed by atoms with Gasteiger partial charge in [0.15, 0.2) is 0 Å². The Hall–Kier alpha value is -0.690. The molecule has 1 heterocycles. The third-order valence-corrected chi connectivity index (χ3v) is 6.95. The van der Waals surface area contributed by atoms with Crippen LogP contribution in [0.25, 0.3) is 0 Å². The van der Waals surface area contributed by atoms with Gasteiger partial charge in [0.1, 0.15) is 17.3 Å². The van der Waals surface area contributed by atoms with Crippen molar-refractivity contribution in [3.8, 4) is 0 Å². The normalized spacial score (nSPS) is 59.6. The summed E-state index contributed by atoms with van der Waals surface area (Å²) < 4.78 is 5.31. The molecule has 21 heavy (non-hydrogen) atoms. The highest BCUT2D eigenvalue weighted by Crippen LogP contribution is 2.69. The molecular weight excluding hydrogens is 276 g/mol. The predicted molar refractivity (Wildman–Crippen MR) is 72.1 cm³/mol. The van der Waals surface area contributed by atoms with Crippen molar-refractivity contribution < 1.29 is 30.0 Å². The molecule has 7 unspecified atom stereocenters. The first-order chi connectivity index (χ1) is 9.57. The van der Waals surface area contributed by atoms with Crippen LogP contribution in [-0.2, 0) is 9.53 Å². The fourth-order valence-corrected chi connectivity index (χ4v) is 5.26. The van der Waals surface area contributed by atoms with Gasteiger partial charge in [-0.3, -0.25) is 4.79 Å². The van der Waals surface area contributed by atoms with Gasteiger partial charge in [-0.05, 0) is 25.7 Å². The van der Waals surface area contributed by atoms with Crippen molar-refractivity contribution in [1.29, 1.82) is 0 Å². The molecule has 0 aromatic carbocycles. The van der Waals surface area contributed by atoms with E-state index in [0.29, 0.717) is 12.8 Å². The van der Waals surface area contributed by atoms with Gasteiger partial charge >= 0.3 is 5.97 Å². The van der Waals surface area contributed by atoms with E-state index < -0.39 is 46.8 Å². The Morgan fingerprint density at radius 3 is 2.52 bits per heavy atom. The molecule has 3 aliphatic rings. The Labute approximate surface area is 123 Å². The van der Waals surface area contributed by atoms with Crippen LogP contribution < -0.4 is 0 Å². The fraction of sp³-hybridized carbons (Fsp3) is 0.933. The van der Waals surface area contributed by atoms with E-state index in [2.05, 4.69) is 0 Å². The summed E-state index contributed by atoms with van der Waals surface area (Å²) in [6.45, 7) is 4.42. The number of ether oxygens (including phenoxy) is 1. The summed E-state index contributed by atoms with van der Waals surface area (Å²) >= 11 is 0. The van der Waals surface area contributed by atoms with Gasteiger partial charge in [0, 0.05) is 5.41 Å². The van der Waals surface area contributed by atoms with Crippen LogP contribution >= 0.6 is 0 Å². The largest absolute Gasteiger partial charge is 0.459 e. The Bertz CT molecular complexity index is 491. The highest BCUT2D eigenvalue weighted by molar-refractivity contribution is 5.73. The van der Waals surface area contributed by atoms with E-state index in [9.17, 15) is 25.2 Å². The van der Waals surface area contributed by atoms with Crippen molar-refractivity contribution >= 4 is 5.97 Å². The Kier molecular flexibility index (Phi) is 2.89. The Balaban J connectivity index is 2.27. The number of carbonyl (C=O) groups excluding carboxylic acids is 1. The average Bonchev–Trinajstić information content (AvgIpc) is 2.58. The zero-order valence-corrected chi connectivity index (χ0v) is 12.7. The van der Waals surface area contributed by atoms with Crippen LogP contribution in [0.4, 0.5) is 0 Å². The van der Waals surface area contributed by atoms with E-state index in [0.717, 1.165) is 0 Å². The summed E-state index contributed by atoms with van der Waals surface area (Å²) in [6.07, 6.45) is -1.24. The maximum atomic E-state index is 12.0. The molecule has 2 aliphatic carbocycles. The number of esters is 1. The molecule has 0 aromatic rings. The quantitative estimate of drug-likeness (QED) is 0.490. The topological polar surface area (TPSA) is 107 Å². The highest BCUT2D eigenvalue weighted by Gasteiger charge is 2.80. The van der Waals surface area contributed by atoms with Crippen LogP contribution in [0.1, 0.15) is 40.0 Å². The maximum Gasteiger partial charge on any atom is 0.306 e. The van der Waals surface area contributed by atoms with Crippen molar-refractivity contribution in [1.82, 2.24) is 0 Å². The van der Waals surface area contributed by atoms with Gasteiger partial charge in [-0.25, -0.2) is 0 Å². The summed E-state index contributed by atoms with van der Waals surface area (Å²) in [6, 6.07) is 0. The van der Waals surface area contributed by atoms with Crippen molar-refractivity contribution in [3.05, 3.63) is 0 Å². The van der Waals surface area contributed by atoms with E-state index in [1.165, 1.54) is 6.92 Å². The molecular formula is C15H24O6. The zero-order chi connectivity index (χ0) is 15.8. The fourth-order valence-electron chi connectivity index (χ4n) is 5.26. The van der Waals surface area contributed by atoms with Gasteiger partial charge in [0.2, 0.25) is 0 Å². The number of hydrogen-bond donors (Lipinski definition) is 4. The Morgan fingerprint density at radius 2 is 1.95 bits per heavy atom. The van der Waals surface area contributed by atoms with Crippen molar-refractivity contribution in [2.75, 3.05) is 6.61 Å². The molecule has 6 nitrogen and oxygen atoms in total. The van der Waals surface area contributed by atoms with Gasteiger partial charge in [-0.2, -0.15) is 0 Å². The van der Waals surface area contributed by atoms with Gasteiger partial charge in [-0.15, -0.1) is 0 Å². The van der Waals surface area contributed by atoms with Crippen LogP contribution in [0.15, 0.2) is 0 Å². The molecule has 2 bridgehead atoms. The standard InChI is InChI=1S/C15H24O6/c1-8-4-9(17)15(20)12(2,7-16)13(3,19)10-5-14(8,15)6-11(18)21-10/h8-10,16-17,19-20H,4-7H2,1-3H3. The first kappa shape index (κ1) is 15.2. The number of carbonyl (C=O) groups is 1. The van der Waals surface area contributed by atoms with Crippen LogP contribution in [-0.4, -0.2) is 56.4 Å². The van der Waals surface area contributed by atoms with Crippen molar-refractivity contribution in [2.24, 2.45) is 16.7 Å². The molecule has 3 fully saturated rings. The predicted octanol–water partition coefficient (Wildman–Crippen LogP) is -0.427. The number of aliphatic hydroxyl groups is 4. The molecule has 1 saturated heterocycles. The molecule has 0 radical (unpaired) electrons. The maximum absolute atomic E-state index is 12.0. The number of fused-ring (bicyclic) bond motifs is 1. The molecule has 7 atom stereocenters. The molecule has 3 rings (SSSR count). The SMILES string of the molecule is CC1CC(O)C2(O)C13CC(=O)OC(C3)C(C)(O)C2(C)CO. The second-order valence-electron chi connectivity index (χ2n) is 7.57. The highest BCUT2D eigenvalue weighted by atomic mass is 16.6. The minimum atomic E-state index is -1.73. The van der Waals surface area contributed by atoms with Crippen molar-refractivity contribution in [2.45, 2.75) is 63.4 Å². The zero-order valence-electron chi connectivity index (χ0n) is 12.7. The van der Waals surface area contributed by atoms with Crippen molar-refractivity contribution in [3.63, 3.8) is 0 Å². The second-order valence-corrected chi connectivity index (χ2v) is 7.57. The van der Waals surface area contributed by atoms with E-state index >= 15 is 0 Å². The minimum absolute atomic E-state index is 0.00387. The first-order valence-electron chi connectivity index (χ1n) is 7.50. The lowest BCUT2D eigenvalue weighted by Gasteiger charge is -2.66. The monoisotopic (exact) mass is 300 g/mol. The van der Waals surface area contributed by atoms with E-state index in [1.54, 1.807) is 6.92 Å². The van der Waals surface area contributed by atoms with Crippen LogP contribution in [0.2, 0.25) is 0 Å². The molecule has 0 amide bonds. The van der Waals surface area contributed by atoms with Crippen LogP contribution in [0.5, 0.6) is 0 Å². The molecule has 4 N–H and O–H groups in total. The summed E-state index contributed by atoms with van der Waals surface area (Å²) in [5, 5.41) is 42.8. The molecule has 120 valence electrons. The third-order valence-electron chi connectivity index (χ3n) is 6.95. The summed E-state index contributed by atoms with van der Waals surface area (Å²) in [5.74, 6) is -0.569. The van der Waals surface area contributed by atoms with Gasteiger partial charge in [0.05, 0.1) is 24.5 Å². The molecule has 6 heteroatoms. The summed E-state index contributed by atoms with van der Waals surface area (Å²) in [4.78, 5) is 12.0. The molecule has 1 spiro atoms.